The van der Waals surface area contributed by atoms with Gasteiger partial charge in [0.2, 0.25) is 0 Å². The molecule has 1 heterocycles. The van der Waals surface area contributed by atoms with Crippen LogP contribution in [-0.4, -0.2) is 86.0 Å². The van der Waals surface area contributed by atoms with Gasteiger partial charge in [-0.05, 0) is 64.1 Å². The molecule has 2 radical (unpaired) electrons. The lowest BCUT2D eigenvalue weighted by Crippen LogP contribution is -2.57. The number of benzene rings is 5. The predicted octanol–water partition coefficient (Wildman–Crippen LogP) is 8.70. The Labute approximate surface area is 412 Å². The van der Waals surface area contributed by atoms with Crippen LogP contribution in [0.5, 0.6) is 5.75 Å². The van der Waals surface area contributed by atoms with Crippen molar-refractivity contribution in [1.29, 1.82) is 0 Å². The molecule has 2 atom stereocenters. The van der Waals surface area contributed by atoms with Crippen molar-refractivity contribution in [1.82, 2.24) is 9.78 Å². The maximum Gasteiger partial charge on any atom is 0.337 e. The van der Waals surface area contributed by atoms with Crippen LogP contribution in [0.1, 0.15) is 61.8 Å². The molecule has 0 aliphatic carbocycles. The number of nitrogens with zero attached hydrogens (tertiary/aromatic N) is 2. The Balaban J connectivity index is 0.00000141. The first-order valence-corrected chi connectivity index (χ1v) is 27.1. The lowest BCUT2D eigenvalue weighted by atomic mass is 10.1. The molecule has 6 rings (SSSR count). The van der Waals surface area contributed by atoms with Gasteiger partial charge in [0.25, 0.3) is 18.1 Å². The summed E-state index contributed by atoms with van der Waals surface area (Å²) in [4.78, 5) is 42.7. The van der Waals surface area contributed by atoms with Crippen LogP contribution in [0.4, 0.5) is 8.78 Å². The number of esters is 2. The number of rotatable bonds is 17. The SMILES string of the molecule is COC(=O)C(O[Si](c1ccccc1)C(C)(C)C)C(O[Si](c1ccccc1)C(C)(C)C)C(=O)OC(C)(C)CCOc1c(-c2ccc(S(C)(=O)=O)cc2)cnn(-c2ccc(F)c(F)c2)c1=O.c1ccccc1. The van der Waals surface area contributed by atoms with Crippen molar-refractivity contribution in [3.05, 3.63) is 168 Å². The molecule has 1 aromatic heterocycles. The molecule has 12 nitrogen and oxygen atoms in total. The van der Waals surface area contributed by atoms with Crippen LogP contribution in [0.2, 0.25) is 10.1 Å². The fourth-order valence-electron chi connectivity index (χ4n) is 7.00. The maximum atomic E-state index is 14.7. The van der Waals surface area contributed by atoms with Crippen LogP contribution in [0.25, 0.3) is 16.8 Å². The Kier molecular flexibility index (Phi) is 18.5. The quantitative estimate of drug-likeness (QED) is 0.0638. The first kappa shape index (κ1) is 54.8. The van der Waals surface area contributed by atoms with Crippen molar-refractivity contribution in [3.63, 3.8) is 0 Å². The zero-order valence-electron chi connectivity index (χ0n) is 41.1. The number of carbonyl (C=O) groups excluding carboxylic acids is 2. The van der Waals surface area contributed by atoms with E-state index in [0.29, 0.717) is 5.56 Å². The lowest BCUT2D eigenvalue weighted by Gasteiger charge is -2.38. The molecule has 0 spiro atoms. The molecule has 5 aromatic carbocycles. The summed E-state index contributed by atoms with van der Waals surface area (Å²) in [5.41, 5.74) is -1.67. The Morgan fingerprint density at radius 2 is 1.14 bits per heavy atom. The van der Waals surface area contributed by atoms with Crippen LogP contribution in [0.15, 0.2) is 155 Å². The molecule has 2 unspecified atom stereocenters. The second-order valence-corrected chi connectivity index (χ2v) is 26.9. The van der Waals surface area contributed by atoms with Crippen molar-refractivity contribution < 1.29 is 49.9 Å². The fraction of sp³-hybridized carbons (Fsp3) is 0.321. The molecule has 0 N–H and O–H groups in total. The highest BCUT2D eigenvalue weighted by atomic mass is 32.2. The van der Waals surface area contributed by atoms with E-state index < -0.39 is 84.9 Å². The summed E-state index contributed by atoms with van der Waals surface area (Å²) in [7, 11) is -6.50. The normalized spacial score (nSPS) is 12.9. The number of sulfone groups is 1. The van der Waals surface area contributed by atoms with Crippen LogP contribution in [0, 0.1) is 11.6 Å². The van der Waals surface area contributed by atoms with Crippen molar-refractivity contribution in [2.45, 2.75) is 94.6 Å². The minimum Gasteiger partial charge on any atom is -0.487 e. The van der Waals surface area contributed by atoms with E-state index in [1.807, 2.05) is 139 Å². The largest absolute Gasteiger partial charge is 0.487 e. The molecule has 70 heavy (non-hydrogen) atoms. The predicted molar refractivity (Wildman–Crippen MR) is 270 cm³/mol. The van der Waals surface area contributed by atoms with Gasteiger partial charge in [0, 0.05) is 24.3 Å². The molecule has 0 aliphatic heterocycles. The van der Waals surface area contributed by atoms with E-state index in [1.54, 1.807) is 13.8 Å². The summed E-state index contributed by atoms with van der Waals surface area (Å²) in [6.45, 7) is 15.0. The average Bonchev–Trinajstić information content (AvgIpc) is 3.31. The molecule has 0 saturated heterocycles. The molecule has 0 bridgehead atoms. The molecule has 6 aromatic rings. The van der Waals surface area contributed by atoms with Gasteiger partial charge < -0.3 is 23.1 Å². The van der Waals surface area contributed by atoms with Crippen LogP contribution >= 0.6 is 0 Å². The summed E-state index contributed by atoms with van der Waals surface area (Å²) in [5, 5.41) is 4.95. The monoisotopic (exact) mass is 1010 g/mol. The molecule has 17 heteroatoms. The van der Waals surface area contributed by atoms with Gasteiger partial charge in [-0.1, -0.05) is 151 Å². The Morgan fingerprint density at radius 3 is 1.59 bits per heavy atom. The molecule has 0 fully saturated rings. The topological polar surface area (TPSA) is 149 Å². The third-order valence-corrected chi connectivity index (χ3v) is 17.1. The van der Waals surface area contributed by atoms with Gasteiger partial charge >= 0.3 is 17.5 Å². The summed E-state index contributed by atoms with van der Waals surface area (Å²) in [5.74, 6) is -4.27. The lowest BCUT2D eigenvalue weighted by molar-refractivity contribution is -0.177. The highest BCUT2D eigenvalue weighted by molar-refractivity contribution is 7.90. The highest BCUT2D eigenvalue weighted by Crippen LogP contribution is 2.34. The minimum absolute atomic E-state index is 0.00851. The Morgan fingerprint density at radius 1 is 0.671 bits per heavy atom. The van der Waals surface area contributed by atoms with E-state index >= 15 is 0 Å². The standard InChI is InChI=1S/C47H54F2N2O10SSi2.C6H6/c1-45(2,3)63(34-17-13-11-14-18-34)60-40(43(53)57-9)41(61-64(46(4,5)6)35-19-15-12-16-20-35)44(54)59-47(7,8)27-28-58-39-36(31-21-24-33(25-22-31)62(10,55)56)30-50-51(42(39)52)32-23-26-37(48)38(49)29-32;1-2-4-6-5-3-1/h11-26,29-30,40-41H,27-28H2,1-10H3;1-6H. The number of hydrogen-bond donors (Lipinski definition) is 0. The van der Waals surface area contributed by atoms with Gasteiger partial charge in [-0.2, -0.15) is 9.78 Å². The van der Waals surface area contributed by atoms with Crippen LogP contribution in [0.3, 0.4) is 0 Å². The number of hydrogen-bond acceptors (Lipinski definition) is 11. The van der Waals surface area contributed by atoms with E-state index in [-0.39, 0.29) is 34.9 Å². The summed E-state index contributed by atoms with van der Waals surface area (Å²) in [6.07, 6.45) is -0.776. The molecule has 0 aliphatic rings. The summed E-state index contributed by atoms with van der Waals surface area (Å²) >= 11 is 0. The third kappa shape index (κ3) is 14.9. The van der Waals surface area contributed by atoms with E-state index in [9.17, 15) is 31.6 Å². The molecule has 0 amide bonds. The zero-order valence-corrected chi connectivity index (χ0v) is 43.9. The zero-order chi connectivity index (χ0) is 51.4. The summed E-state index contributed by atoms with van der Waals surface area (Å²) < 4.78 is 84.7. The van der Waals surface area contributed by atoms with Gasteiger partial charge in [0.15, 0.2) is 39.4 Å². The molecular formula is C53H60F2N2O10SSi2. The summed E-state index contributed by atoms with van der Waals surface area (Å²) in [6, 6.07) is 39.5. The van der Waals surface area contributed by atoms with Gasteiger partial charge in [-0.15, -0.1) is 0 Å². The number of aromatic nitrogens is 2. The average molecular weight is 1010 g/mol. The first-order valence-electron chi connectivity index (χ1n) is 22.4. The van der Waals surface area contributed by atoms with Crippen molar-refractivity contribution in [2.24, 2.45) is 0 Å². The van der Waals surface area contributed by atoms with Gasteiger partial charge in [-0.3, -0.25) is 4.79 Å². The second kappa shape index (κ2) is 23.7. The van der Waals surface area contributed by atoms with Crippen LogP contribution in [-0.2, 0) is 37.8 Å². The van der Waals surface area contributed by atoms with Crippen molar-refractivity contribution in [2.75, 3.05) is 20.0 Å². The molecular weight excluding hydrogens is 951 g/mol. The van der Waals surface area contributed by atoms with Crippen LogP contribution < -0.4 is 20.7 Å². The van der Waals surface area contributed by atoms with E-state index in [2.05, 4.69) is 5.10 Å². The molecule has 0 saturated carbocycles. The fourth-order valence-corrected chi connectivity index (χ4v) is 12.3. The van der Waals surface area contributed by atoms with Crippen molar-refractivity contribution in [3.8, 4) is 22.6 Å². The van der Waals surface area contributed by atoms with Gasteiger partial charge in [-0.25, -0.2) is 26.8 Å². The van der Waals surface area contributed by atoms with E-state index in [1.165, 1.54) is 43.6 Å². The second-order valence-electron chi connectivity index (χ2n) is 18.9. The van der Waals surface area contributed by atoms with Gasteiger partial charge in [0.05, 0.1) is 30.5 Å². The number of methoxy groups -OCH3 is 1. The molecule has 370 valence electrons. The first-order chi connectivity index (χ1) is 32.9. The highest BCUT2D eigenvalue weighted by Gasteiger charge is 2.47. The number of halogens is 2. The Hall–Kier alpha value is -6.12. The number of carbonyl (C=O) groups is 2. The Bertz CT molecular complexity index is 2820. The van der Waals surface area contributed by atoms with E-state index in [0.717, 1.165) is 33.4 Å². The third-order valence-electron chi connectivity index (χ3n) is 10.5. The smallest absolute Gasteiger partial charge is 0.337 e. The van der Waals surface area contributed by atoms with Gasteiger partial charge in [0.1, 0.15) is 5.60 Å². The minimum atomic E-state index is -3.54. The number of ether oxygens (including phenoxy) is 3. The maximum absolute atomic E-state index is 14.7. The van der Waals surface area contributed by atoms with Crippen molar-refractivity contribution >= 4 is 50.2 Å². The van der Waals surface area contributed by atoms with E-state index in [4.69, 9.17) is 23.1 Å².